The van der Waals surface area contributed by atoms with Gasteiger partial charge >= 0.3 is 5.97 Å². The van der Waals surface area contributed by atoms with E-state index in [1.54, 1.807) is 11.8 Å². The van der Waals surface area contributed by atoms with E-state index in [4.69, 9.17) is 18.9 Å². The van der Waals surface area contributed by atoms with Crippen molar-refractivity contribution >= 4 is 17.6 Å². The van der Waals surface area contributed by atoms with Crippen LogP contribution in [0.15, 0.2) is 12.1 Å². The van der Waals surface area contributed by atoms with Gasteiger partial charge in [-0.25, -0.2) is 4.79 Å². The van der Waals surface area contributed by atoms with Crippen molar-refractivity contribution < 1.29 is 33.5 Å². The fourth-order valence-electron chi connectivity index (χ4n) is 3.18. The predicted molar refractivity (Wildman–Crippen MR) is 102 cm³/mol. The first-order valence-corrected chi connectivity index (χ1v) is 9.32. The van der Waals surface area contributed by atoms with Crippen molar-refractivity contribution in [2.75, 3.05) is 26.8 Å². The molecule has 1 aliphatic heterocycles. The molecule has 10 nitrogen and oxygen atoms in total. The van der Waals surface area contributed by atoms with Gasteiger partial charge in [0.1, 0.15) is 5.56 Å². The van der Waals surface area contributed by atoms with Crippen molar-refractivity contribution in [3.05, 3.63) is 27.8 Å². The van der Waals surface area contributed by atoms with E-state index in [0.717, 1.165) is 6.07 Å². The number of methoxy groups -OCH3 is 1. The standard InChI is InChI=1S/C19H26N2O8/c1-6-27-17-7-14(15(21(24)25)8-16(17)26-5)19(23)29-13(4)18(22)20-9-11(2)28-12(3)10-20/h7-8,11-13H,6,9-10H2,1-5H3. The zero-order valence-corrected chi connectivity index (χ0v) is 17.2. The highest BCUT2D eigenvalue weighted by atomic mass is 16.6. The Kier molecular flexibility index (Phi) is 7.38. The van der Waals surface area contributed by atoms with Crippen molar-refractivity contribution in [1.82, 2.24) is 4.90 Å². The summed E-state index contributed by atoms with van der Waals surface area (Å²) >= 11 is 0. The molecule has 29 heavy (non-hydrogen) atoms. The topological polar surface area (TPSA) is 117 Å². The van der Waals surface area contributed by atoms with Crippen LogP contribution in [0.3, 0.4) is 0 Å². The summed E-state index contributed by atoms with van der Waals surface area (Å²) in [6.45, 7) is 7.88. The molecule has 10 heteroatoms. The molecular formula is C19H26N2O8. The summed E-state index contributed by atoms with van der Waals surface area (Å²) in [5.74, 6) is -1.09. The third-order valence-corrected chi connectivity index (χ3v) is 4.36. The Labute approximate surface area is 168 Å². The Balaban J connectivity index is 2.23. The van der Waals surface area contributed by atoms with Crippen LogP contribution in [0, 0.1) is 10.1 Å². The molecule has 0 saturated carbocycles. The first-order chi connectivity index (χ1) is 13.7. The molecule has 1 aromatic carbocycles. The zero-order valence-electron chi connectivity index (χ0n) is 17.2. The van der Waals surface area contributed by atoms with Gasteiger partial charge in [0, 0.05) is 19.2 Å². The van der Waals surface area contributed by atoms with Crippen molar-refractivity contribution in [2.24, 2.45) is 0 Å². The van der Waals surface area contributed by atoms with E-state index < -0.39 is 22.7 Å². The highest BCUT2D eigenvalue weighted by Gasteiger charge is 2.32. The normalized spacial score (nSPS) is 20.0. The number of hydrogen-bond donors (Lipinski definition) is 0. The molecule has 3 unspecified atom stereocenters. The van der Waals surface area contributed by atoms with Gasteiger partial charge in [-0.3, -0.25) is 14.9 Å². The van der Waals surface area contributed by atoms with Crippen molar-refractivity contribution in [3.8, 4) is 11.5 Å². The van der Waals surface area contributed by atoms with E-state index >= 15 is 0 Å². The fourth-order valence-corrected chi connectivity index (χ4v) is 3.18. The lowest BCUT2D eigenvalue weighted by atomic mass is 10.1. The Hall–Kier alpha value is -2.88. The van der Waals surface area contributed by atoms with Crippen LogP contribution >= 0.6 is 0 Å². The molecule has 1 heterocycles. The van der Waals surface area contributed by atoms with Crippen LogP contribution in [0.5, 0.6) is 11.5 Å². The third-order valence-electron chi connectivity index (χ3n) is 4.36. The number of carbonyl (C=O) groups excluding carboxylic acids is 2. The van der Waals surface area contributed by atoms with Crippen LogP contribution in [0.2, 0.25) is 0 Å². The fraction of sp³-hybridized carbons (Fsp3) is 0.579. The van der Waals surface area contributed by atoms with E-state index in [2.05, 4.69) is 0 Å². The summed E-state index contributed by atoms with van der Waals surface area (Å²) in [4.78, 5) is 37.6. The molecular weight excluding hydrogens is 384 g/mol. The van der Waals surface area contributed by atoms with Gasteiger partial charge in [-0.15, -0.1) is 0 Å². The van der Waals surface area contributed by atoms with E-state index in [1.165, 1.54) is 20.1 Å². The monoisotopic (exact) mass is 410 g/mol. The lowest BCUT2D eigenvalue weighted by molar-refractivity contribution is -0.385. The summed E-state index contributed by atoms with van der Waals surface area (Å²) in [5, 5.41) is 11.4. The van der Waals surface area contributed by atoms with Crippen LogP contribution in [-0.4, -0.2) is 66.8 Å². The molecule has 0 radical (unpaired) electrons. The minimum absolute atomic E-state index is 0.121. The second-order valence-electron chi connectivity index (χ2n) is 6.76. The van der Waals surface area contributed by atoms with Gasteiger partial charge in [0.15, 0.2) is 17.6 Å². The van der Waals surface area contributed by atoms with Crippen LogP contribution in [0.1, 0.15) is 38.1 Å². The van der Waals surface area contributed by atoms with Gasteiger partial charge in [0.2, 0.25) is 0 Å². The number of amides is 1. The number of carbonyl (C=O) groups is 2. The molecule has 1 aliphatic rings. The van der Waals surface area contributed by atoms with Crippen LogP contribution in [0.25, 0.3) is 0 Å². The summed E-state index contributed by atoms with van der Waals surface area (Å²) < 4.78 is 21.3. The maximum absolute atomic E-state index is 12.7. The van der Waals surface area contributed by atoms with Gasteiger partial charge in [-0.05, 0) is 27.7 Å². The van der Waals surface area contributed by atoms with E-state index in [1.807, 2.05) is 13.8 Å². The average Bonchev–Trinajstić information content (AvgIpc) is 2.66. The van der Waals surface area contributed by atoms with Gasteiger partial charge < -0.3 is 23.8 Å². The van der Waals surface area contributed by atoms with Crippen molar-refractivity contribution in [3.63, 3.8) is 0 Å². The van der Waals surface area contributed by atoms with Crippen LogP contribution in [0.4, 0.5) is 5.69 Å². The number of nitro groups is 1. The molecule has 1 fully saturated rings. The van der Waals surface area contributed by atoms with E-state index in [-0.39, 0.29) is 41.8 Å². The summed E-state index contributed by atoms with van der Waals surface area (Å²) in [5.41, 5.74) is -0.814. The lowest BCUT2D eigenvalue weighted by Crippen LogP contribution is -2.51. The second-order valence-corrected chi connectivity index (χ2v) is 6.76. The van der Waals surface area contributed by atoms with Gasteiger partial charge in [0.05, 0.1) is 36.9 Å². The van der Waals surface area contributed by atoms with Gasteiger partial charge in [-0.1, -0.05) is 0 Å². The molecule has 1 saturated heterocycles. The minimum atomic E-state index is -1.11. The number of hydrogen-bond acceptors (Lipinski definition) is 8. The Morgan fingerprint density at radius 1 is 1.28 bits per heavy atom. The molecule has 0 bridgehead atoms. The van der Waals surface area contributed by atoms with Crippen molar-refractivity contribution in [2.45, 2.75) is 46.0 Å². The van der Waals surface area contributed by atoms with Gasteiger partial charge in [-0.2, -0.15) is 0 Å². The molecule has 0 aliphatic carbocycles. The third kappa shape index (κ3) is 5.35. The highest BCUT2D eigenvalue weighted by Crippen LogP contribution is 2.35. The van der Waals surface area contributed by atoms with Crippen LogP contribution in [-0.2, 0) is 14.3 Å². The predicted octanol–water partition coefficient (Wildman–Crippen LogP) is 2.18. The number of rotatable bonds is 7. The first kappa shape index (κ1) is 22.4. The lowest BCUT2D eigenvalue weighted by Gasteiger charge is -2.36. The first-order valence-electron chi connectivity index (χ1n) is 9.32. The molecule has 0 aromatic heterocycles. The highest BCUT2D eigenvalue weighted by molar-refractivity contribution is 5.96. The maximum atomic E-state index is 12.7. The Morgan fingerprint density at radius 2 is 1.90 bits per heavy atom. The van der Waals surface area contributed by atoms with Crippen molar-refractivity contribution in [1.29, 1.82) is 0 Å². The molecule has 160 valence electrons. The maximum Gasteiger partial charge on any atom is 0.346 e. The Bertz CT molecular complexity index is 772. The second kappa shape index (κ2) is 9.55. The quantitative estimate of drug-likeness (QED) is 0.381. The summed E-state index contributed by atoms with van der Waals surface area (Å²) in [7, 11) is 1.34. The number of ether oxygens (including phenoxy) is 4. The SMILES string of the molecule is CCOc1cc(C(=O)OC(C)C(=O)N2CC(C)OC(C)C2)c([N+](=O)[O-])cc1OC. The summed E-state index contributed by atoms with van der Waals surface area (Å²) in [6, 6.07) is 2.29. The van der Waals surface area contributed by atoms with E-state index in [0.29, 0.717) is 13.1 Å². The smallest absolute Gasteiger partial charge is 0.346 e. The Morgan fingerprint density at radius 3 is 2.41 bits per heavy atom. The van der Waals surface area contributed by atoms with Crippen LogP contribution < -0.4 is 9.47 Å². The van der Waals surface area contributed by atoms with E-state index in [9.17, 15) is 19.7 Å². The zero-order chi connectivity index (χ0) is 21.7. The molecule has 1 aromatic rings. The van der Waals surface area contributed by atoms with Gasteiger partial charge in [0.25, 0.3) is 11.6 Å². The largest absolute Gasteiger partial charge is 0.493 e. The average molecular weight is 410 g/mol. The number of morpholine rings is 1. The molecule has 2 rings (SSSR count). The summed E-state index contributed by atoms with van der Waals surface area (Å²) in [6.07, 6.45) is -1.39. The number of nitro benzene ring substituents is 1. The molecule has 3 atom stereocenters. The minimum Gasteiger partial charge on any atom is -0.493 e. The number of esters is 1. The number of nitrogens with zero attached hydrogens (tertiary/aromatic N) is 2. The molecule has 0 N–H and O–H groups in total. The molecule has 1 amide bonds. The number of benzene rings is 1. The molecule has 0 spiro atoms.